The van der Waals surface area contributed by atoms with E-state index in [9.17, 15) is 0 Å². The van der Waals surface area contributed by atoms with Gasteiger partial charge in [-0.05, 0) is 7.05 Å². The molecule has 0 unspecified atom stereocenters. The number of hydrogen-bond donors (Lipinski definition) is 1. The summed E-state index contributed by atoms with van der Waals surface area (Å²) in [5, 5.41) is 3.00. The van der Waals surface area contributed by atoms with Gasteiger partial charge in [0.25, 0.3) is 0 Å². The van der Waals surface area contributed by atoms with Gasteiger partial charge in [0.2, 0.25) is 0 Å². The van der Waals surface area contributed by atoms with Crippen LogP contribution < -0.4 is 5.32 Å². The van der Waals surface area contributed by atoms with Crippen LogP contribution in [0.15, 0.2) is 18.7 Å². The lowest BCUT2D eigenvalue weighted by Gasteiger charge is -1.94. The average molecular weight is 153 g/mol. The minimum Gasteiger partial charge on any atom is -0.316 e. The van der Waals surface area contributed by atoms with E-state index in [2.05, 4.69) is 15.3 Å². The Hall–Kier alpha value is -0.960. The van der Waals surface area contributed by atoms with Crippen molar-refractivity contribution in [2.45, 2.75) is 20.4 Å². The molecule has 0 aliphatic carbocycles. The van der Waals surface area contributed by atoms with Crippen molar-refractivity contribution >= 4 is 0 Å². The van der Waals surface area contributed by atoms with Crippen LogP contribution in [0.5, 0.6) is 0 Å². The zero-order chi connectivity index (χ0) is 8.53. The topological polar surface area (TPSA) is 37.8 Å². The van der Waals surface area contributed by atoms with E-state index < -0.39 is 0 Å². The van der Waals surface area contributed by atoms with Crippen LogP contribution in [0.1, 0.15) is 19.4 Å². The largest absolute Gasteiger partial charge is 0.316 e. The molecule has 1 rings (SSSR count). The Morgan fingerprint density at radius 3 is 2.27 bits per heavy atom. The smallest absolute Gasteiger partial charge is 0.115 e. The quantitative estimate of drug-likeness (QED) is 0.694. The number of nitrogens with zero attached hydrogens (tertiary/aromatic N) is 2. The Bertz CT molecular complexity index is 162. The molecule has 0 spiro atoms. The molecule has 0 bridgehead atoms. The molecule has 1 heterocycles. The number of nitrogens with one attached hydrogen (secondary N) is 1. The van der Waals surface area contributed by atoms with Gasteiger partial charge < -0.3 is 5.32 Å². The maximum atomic E-state index is 3.85. The SMILES string of the molecule is CC.CNCc1cncnc1. The van der Waals surface area contributed by atoms with E-state index in [1.165, 1.54) is 6.33 Å². The van der Waals surface area contributed by atoms with Gasteiger partial charge in [0.05, 0.1) is 0 Å². The van der Waals surface area contributed by atoms with Gasteiger partial charge in [-0.3, -0.25) is 0 Å². The van der Waals surface area contributed by atoms with Crippen LogP contribution in [0.25, 0.3) is 0 Å². The fourth-order valence-electron chi connectivity index (χ4n) is 0.625. The second-order valence-electron chi connectivity index (χ2n) is 1.78. The maximum Gasteiger partial charge on any atom is 0.115 e. The predicted octanol–water partition coefficient (Wildman–Crippen LogP) is 1.22. The molecule has 1 aromatic rings. The van der Waals surface area contributed by atoms with Gasteiger partial charge >= 0.3 is 0 Å². The molecule has 0 amide bonds. The highest BCUT2D eigenvalue weighted by Crippen LogP contribution is 1.89. The van der Waals surface area contributed by atoms with E-state index in [0.29, 0.717) is 0 Å². The third kappa shape index (κ3) is 4.44. The number of rotatable bonds is 2. The Morgan fingerprint density at radius 1 is 1.27 bits per heavy atom. The molecule has 0 radical (unpaired) electrons. The van der Waals surface area contributed by atoms with Gasteiger partial charge in [-0.25, -0.2) is 9.97 Å². The molecule has 0 aliphatic rings. The zero-order valence-electron chi connectivity index (χ0n) is 7.33. The average Bonchev–Trinajstić information content (AvgIpc) is 2.11. The van der Waals surface area contributed by atoms with Crippen LogP contribution in [-0.4, -0.2) is 17.0 Å². The Morgan fingerprint density at radius 2 is 1.82 bits per heavy atom. The third-order valence-electron chi connectivity index (χ3n) is 0.995. The van der Waals surface area contributed by atoms with Gasteiger partial charge in [0, 0.05) is 24.5 Å². The molecule has 3 nitrogen and oxygen atoms in total. The molecule has 0 aliphatic heterocycles. The molecule has 0 fully saturated rings. The van der Waals surface area contributed by atoms with Crippen molar-refractivity contribution < 1.29 is 0 Å². The first kappa shape index (κ1) is 10.0. The summed E-state index contributed by atoms with van der Waals surface area (Å²) in [5.41, 5.74) is 1.11. The highest BCUT2D eigenvalue weighted by molar-refractivity contribution is 5.00. The van der Waals surface area contributed by atoms with Gasteiger partial charge in [-0.1, -0.05) is 13.8 Å². The summed E-state index contributed by atoms with van der Waals surface area (Å²) < 4.78 is 0. The first-order chi connectivity index (χ1) is 5.43. The minimum atomic E-state index is 0.834. The third-order valence-corrected chi connectivity index (χ3v) is 0.995. The van der Waals surface area contributed by atoms with E-state index in [0.717, 1.165) is 12.1 Å². The summed E-state index contributed by atoms with van der Waals surface area (Å²) in [6.07, 6.45) is 5.12. The molecule has 1 aromatic heterocycles. The van der Waals surface area contributed by atoms with Crippen LogP contribution in [0.3, 0.4) is 0 Å². The molecule has 1 N–H and O–H groups in total. The highest BCUT2D eigenvalue weighted by atomic mass is 14.8. The Balaban J connectivity index is 0.000000461. The van der Waals surface area contributed by atoms with Gasteiger partial charge in [0.1, 0.15) is 6.33 Å². The molecule has 0 saturated heterocycles. The molecule has 62 valence electrons. The molecular weight excluding hydrogens is 138 g/mol. The molecule has 0 aromatic carbocycles. The molecule has 0 saturated carbocycles. The highest BCUT2D eigenvalue weighted by Gasteiger charge is 1.85. The monoisotopic (exact) mass is 153 g/mol. The molecule has 3 heteroatoms. The van der Waals surface area contributed by atoms with E-state index in [1.807, 2.05) is 20.9 Å². The maximum absolute atomic E-state index is 3.85. The van der Waals surface area contributed by atoms with Crippen molar-refractivity contribution in [2.24, 2.45) is 0 Å². The summed E-state index contributed by atoms with van der Waals surface area (Å²) in [4.78, 5) is 7.70. The van der Waals surface area contributed by atoms with Crippen LogP contribution in [-0.2, 0) is 6.54 Å². The normalized spacial score (nSPS) is 8.27. The first-order valence-electron chi connectivity index (χ1n) is 3.82. The minimum absolute atomic E-state index is 0.834. The first-order valence-corrected chi connectivity index (χ1v) is 3.82. The summed E-state index contributed by atoms with van der Waals surface area (Å²) in [6.45, 7) is 4.83. The lowest BCUT2D eigenvalue weighted by Crippen LogP contribution is -2.05. The Kier molecular flexibility index (Phi) is 6.53. The van der Waals surface area contributed by atoms with Gasteiger partial charge in [-0.2, -0.15) is 0 Å². The molecular formula is C8H15N3. The van der Waals surface area contributed by atoms with Gasteiger partial charge in [-0.15, -0.1) is 0 Å². The van der Waals surface area contributed by atoms with Crippen LogP contribution >= 0.6 is 0 Å². The van der Waals surface area contributed by atoms with E-state index in [4.69, 9.17) is 0 Å². The fourth-order valence-corrected chi connectivity index (χ4v) is 0.625. The number of aromatic nitrogens is 2. The summed E-state index contributed by atoms with van der Waals surface area (Å²) in [5.74, 6) is 0. The molecule has 11 heavy (non-hydrogen) atoms. The van der Waals surface area contributed by atoms with Gasteiger partial charge in [0.15, 0.2) is 0 Å². The van der Waals surface area contributed by atoms with Crippen LogP contribution in [0.4, 0.5) is 0 Å². The van der Waals surface area contributed by atoms with E-state index >= 15 is 0 Å². The van der Waals surface area contributed by atoms with Crippen molar-refractivity contribution in [2.75, 3.05) is 7.05 Å². The lowest BCUT2D eigenvalue weighted by atomic mass is 10.3. The van der Waals surface area contributed by atoms with Crippen molar-refractivity contribution in [1.29, 1.82) is 0 Å². The predicted molar refractivity (Wildman–Crippen MR) is 46.1 cm³/mol. The zero-order valence-corrected chi connectivity index (χ0v) is 7.33. The van der Waals surface area contributed by atoms with Crippen LogP contribution in [0.2, 0.25) is 0 Å². The summed E-state index contributed by atoms with van der Waals surface area (Å²) in [6, 6.07) is 0. The second kappa shape index (κ2) is 7.15. The van der Waals surface area contributed by atoms with E-state index in [1.54, 1.807) is 12.4 Å². The van der Waals surface area contributed by atoms with Crippen molar-refractivity contribution in [3.05, 3.63) is 24.3 Å². The van der Waals surface area contributed by atoms with E-state index in [-0.39, 0.29) is 0 Å². The number of hydrogen-bond acceptors (Lipinski definition) is 3. The Labute approximate surface area is 67.9 Å². The second-order valence-corrected chi connectivity index (χ2v) is 1.78. The van der Waals surface area contributed by atoms with Crippen molar-refractivity contribution in [3.63, 3.8) is 0 Å². The lowest BCUT2D eigenvalue weighted by molar-refractivity contribution is 0.806. The van der Waals surface area contributed by atoms with Crippen molar-refractivity contribution in [3.8, 4) is 0 Å². The summed E-state index contributed by atoms with van der Waals surface area (Å²) in [7, 11) is 1.90. The molecule has 0 atom stereocenters. The van der Waals surface area contributed by atoms with Crippen molar-refractivity contribution in [1.82, 2.24) is 15.3 Å². The fraction of sp³-hybridized carbons (Fsp3) is 0.500. The standard InChI is InChI=1S/C6H9N3.C2H6/c1-7-2-6-3-8-5-9-4-6;1-2/h3-5,7H,2H2,1H3;1-2H3. The van der Waals surface area contributed by atoms with Crippen LogP contribution in [0, 0.1) is 0 Å². The summed E-state index contributed by atoms with van der Waals surface area (Å²) >= 11 is 0.